The second-order valence-corrected chi connectivity index (χ2v) is 5.59. The van der Waals surface area contributed by atoms with Gasteiger partial charge in [-0.15, -0.1) is 0 Å². The second kappa shape index (κ2) is 7.55. The Morgan fingerprint density at radius 2 is 1.42 bits per heavy atom. The van der Waals surface area contributed by atoms with Crippen LogP contribution in [-0.4, -0.2) is 12.5 Å². The summed E-state index contributed by atoms with van der Waals surface area (Å²) in [5.41, 5.74) is 2.58. The molecule has 3 aromatic carbocycles. The number of benzene rings is 3. The molecule has 0 bridgehead atoms. The summed E-state index contributed by atoms with van der Waals surface area (Å²) in [4.78, 5) is 12.3. The van der Waals surface area contributed by atoms with E-state index in [0.29, 0.717) is 12.1 Å². The van der Waals surface area contributed by atoms with Crippen LogP contribution in [0, 0.1) is 5.82 Å². The van der Waals surface area contributed by atoms with Crippen molar-refractivity contribution in [1.82, 2.24) is 5.32 Å². The molecule has 0 radical (unpaired) electrons. The molecule has 3 heteroatoms. The second-order valence-electron chi connectivity index (χ2n) is 5.59. The van der Waals surface area contributed by atoms with Gasteiger partial charge in [-0.1, -0.05) is 66.7 Å². The van der Waals surface area contributed by atoms with Crippen molar-refractivity contribution in [2.75, 3.05) is 6.54 Å². The van der Waals surface area contributed by atoms with Crippen molar-refractivity contribution in [3.63, 3.8) is 0 Å². The van der Waals surface area contributed by atoms with Crippen LogP contribution in [0.25, 0.3) is 0 Å². The Hall–Kier alpha value is -2.94. The third-order valence-corrected chi connectivity index (χ3v) is 3.96. The molecule has 0 aromatic heterocycles. The number of hydrogen-bond acceptors (Lipinski definition) is 1. The van der Waals surface area contributed by atoms with Crippen molar-refractivity contribution in [3.8, 4) is 0 Å². The lowest BCUT2D eigenvalue weighted by molar-refractivity contribution is 0.0952. The summed E-state index contributed by atoms with van der Waals surface area (Å²) in [6.07, 6.45) is 0. The third kappa shape index (κ3) is 3.87. The lowest BCUT2D eigenvalue weighted by atomic mass is 9.91. The zero-order valence-electron chi connectivity index (χ0n) is 13.2. The highest BCUT2D eigenvalue weighted by Crippen LogP contribution is 2.23. The molecule has 24 heavy (non-hydrogen) atoms. The monoisotopic (exact) mass is 319 g/mol. The summed E-state index contributed by atoms with van der Waals surface area (Å²) in [5, 5.41) is 2.92. The fourth-order valence-corrected chi connectivity index (χ4v) is 2.73. The summed E-state index contributed by atoms with van der Waals surface area (Å²) in [6.45, 7) is 0.448. The number of carbonyl (C=O) groups excluding carboxylic acids is 1. The van der Waals surface area contributed by atoms with E-state index < -0.39 is 5.82 Å². The number of rotatable bonds is 5. The van der Waals surface area contributed by atoms with Gasteiger partial charge in [-0.3, -0.25) is 4.79 Å². The van der Waals surface area contributed by atoms with E-state index in [1.807, 2.05) is 60.7 Å². The van der Waals surface area contributed by atoms with Gasteiger partial charge in [-0.05, 0) is 29.3 Å². The first-order chi connectivity index (χ1) is 11.7. The minimum atomic E-state index is -0.412. The fraction of sp³-hybridized carbons (Fsp3) is 0.0952. The maximum absolute atomic E-state index is 13.3. The van der Waals surface area contributed by atoms with Crippen LogP contribution in [0.5, 0.6) is 0 Å². The predicted molar refractivity (Wildman–Crippen MR) is 93.5 cm³/mol. The third-order valence-electron chi connectivity index (χ3n) is 3.96. The Morgan fingerprint density at radius 3 is 1.96 bits per heavy atom. The molecular weight excluding hydrogens is 301 g/mol. The van der Waals surface area contributed by atoms with Gasteiger partial charge in [-0.25, -0.2) is 4.39 Å². The molecule has 120 valence electrons. The van der Waals surface area contributed by atoms with Gasteiger partial charge in [0.2, 0.25) is 0 Å². The van der Waals surface area contributed by atoms with Crippen molar-refractivity contribution >= 4 is 5.91 Å². The van der Waals surface area contributed by atoms with Gasteiger partial charge in [0.15, 0.2) is 0 Å². The molecule has 1 N–H and O–H groups in total. The van der Waals surface area contributed by atoms with E-state index in [1.165, 1.54) is 18.2 Å². The highest BCUT2D eigenvalue weighted by Gasteiger charge is 2.15. The maximum atomic E-state index is 13.3. The Labute approximate surface area is 141 Å². The van der Waals surface area contributed by atoms with Crippen LogP contribution in [0.1, 0.15) is 27.4 Å². The van der Waals surface area contributed by atoms with Gasteiger partial charge in [0, 0.05) is 18.0 Å². The van der Waals surface area contributed by atoms with E-state index in [4.69, 9.17) is 0 Å². The Balaban J connectivity index is 1.79. The molecule has 0 heterocycles. The molecule has 1 amide bonds. The summed E-state index contributed by atoms with van der Waals surface area (Å²) in [7, 11) is 0. The van der Waals surface area contributed by atoms with Crippen molar-refractivity contribution < 1.29 is 9.18 Å². The number of halogens is 1. The summed E-state index contributed by atoms with van der Waals surface area (Å²) in [6, 6.07) is 25.8. The molecule has 0 fully saturated rings. The van der Waals surface area contributed by atoms with E-state index in [2.05, 4.69) is 5.32 Å². The average Bonchev–Trinajstić information content (AvgIpc) is 2.63. The quantitative estimate of drug-likeness (QED) is 0.742. The SMILES string of the molecule is O=C(NCC(c1ccccc1)c1ccccc1)c1cccc(F)c1. The Bertz CT molecular complexity index is 763. The van der Waals surface area contributed by atoms with Gasteiger partial charge < -0.3 is 5.32 Å². The molecule has 0 unspecified atom stereocenters. The molecule has 0 saturated heterocycles. The largest absolute Gasteiger partial charge is 0.351 e. The summed E-state index contributed by atoms with van der Waals surface area (Å²) in [5.74, 6) is -0.637. The van der Waals surface area contributed by atoms with Crippen LogP contribution in [0.3, 0.4) is 0 Å². The van der Waals surface area contributed by atoms with Gasteiger partial charge >= 0.3 is 0 Å². The number of carbonyl (C=O) groups is 1. The van der Waals surface area contributed by atoms with E-state index in [0.717, 1.165) is 11.1 Å². The Kier molecular flexibility index (Phi) is 5.02. The topological polar surface area (TPSA) is 29.1 Å². The normalized spacial score (nSPS) is 10.6. The van der Waals surface area contributed by atoms with Gasteiger partial charge in [-0.2, -0.15) is 0 Å². The van der Waals surface area contributed by atoms with Crippen molar-refractivity contribution in [2.24, 2.45) is 0 Å². The molecular formula is C21H18FNO. The molecule has 0 saturated carbocycles. The predicted octanol–water partition coefficient (Wildman–Crippen LogP) is 4.39. The van der Waals surface area contributed by atoms with E-state index in [1.54, 1.807) is 6.07 Å². The molecule has 0 atom stereocenters. The van der Waals surface area contributed by atoms with E-state index in [9.17, 15) is 9.18 Å². The van der Waals surface area contributed by atoms with Crippen LogP contribution in [-0.2, 0) is 0 Å². The number of nitrogens with one attached hydrogen (secondary N) is 1. The summed E-state index contributed by atoms with van der Waals surface area (Å²) >= 11 is 0. The van der Waals surface area contributed by atoms with Crippen LogP contribution >= 0.6 is 0 Å². The van der Waals surface area contributed by atoms with Crippen molar-refractivity contribution in [2.45, 2.75) is 5.92 Å². The minimum absolute atomic E-state index is 0.0462. The standard InChI is InChI=1S/C21H18FNO/c22-19-13-7-12-18(14-19)21(24)23-15-20(16-8-3-1-4-9-16)17-10-5-2-6-11-17/h1-14,20H,15H2,(H,23,24). The summed E-state index contributed by atoms with van der Waals surface area (Å²) < 4.78 is 13.3. The first kappa shape index (κ1) is 15.9. The first-order valence-corrected chi connectivity index (χ1v) is 7.87. The Morgan fingerprint density at radius 1 is 0.833 bits per heavy atom. The molecule has 2 nitrogen and oxygen atoms in total. The van der Waals surface area contributed by atoms with Crippen molar-refractivity contribution in [3.05, 3.63) is 107 Å². The molecule has 0 aliphatic heterocycles. The molecule has 0 aliphatic rings. The maximum Gasteiger partial charge on any atom is 0.251 e. The average molecular weight is 319 g/mol. The molecule has 3 aromatic rings. The van der Waals surface area contributed by atoms with E-state index >= 15 is 0 Å². The zero-order valence-corrected chi connectivity index (χ0v) is 13.2. The van der Waals surface area contributed by atoms with Crippen LogP contribution in [0.2, 0.25) is 0 Å². The number of amides is 1. The van der Waals surface area contributed by atoms with Crippen LogP contribution < -0.4 is 5.32 Å². The first-order valence-electron chi connectivity index (χ1n) is 7.87. The van der Waals surface area contributed by atoms with Gasteiger partial charge in [0.1, 0.15) is 5.82 Å². The zero-order chi connectivity index (χ0) is 16.8. The van der Waals surface area contributed by atoms with Gasteiger partial charge in [0.25, 0.3) is 5.91 Å². The van der Waals surface area contributed by atoms with Gasteiger partial charge in [0.05, 0.1) is 0 Å². The molecule has 3 rings (SSSR count). The van der Waals surface area contributed by atoms with Crippen LogP contribution in [0.15, 0.2) is 84.9 Å². The molecule has 0 aliphatic carbocycles. The highest BCUT2D eigenvalue weighted by atomic mass is 19.1. The lowest BCUT2D eigenvalue weighted by Gasteiger charge is -2.19. The fourth-order valence-electron chi connectivity index (χ4n) is 2.73. The van der Waals surface area contributed by atoms with E-state index in [-0.39, 0.29) is 11.8 Å². The minimum Gasteiger partial charge on any atom is -0.351 e. The number of hydrogen-bond donors (Lipinski definition) is 1. The smallest absolute Gasteiger partial charge is 0.251 e. The van der Waals surface area contributed by atoms with Crippen molar-refractivity contribution in [1.29, 1.82) is 0 Å². The lowest BCUT2D eigenvalue weighted by Crippen LogP contribution is -2.29. The highest BCUT2D eigenvalue weighted by molar-refractivity contribution is 5.94. The van der Waals surface area contributed by atoms with Crippen LogP contribution in [0.4, 0.5) is 4.39 Å². The molecule has 0 spiro atoms.